The average Bonchev–Trinajstić information content (AvgIpc) is 3.23. The predicted molar refractivity (Wildman–Crippen MR) is 125 cm³/mol. The third-order valence-electron chi connectivity index (χ3n) is 5.42. The van der Waals surface area contributed by atoms with Crippen molar-refractivity contribution in [3.8, 4) is 5.75 Å². The molecule has 0 aliphatic carbocycles. The van der Waals surface area contributed by atoms with Crippen LogP contribution in [0.4, 0.5) is 23.7 Å². The molecule has 1 unspecified atom stereocenters. The lowest BCUT2D eigenvalue weighted by molar-refractivity contribution is -0.274. The molecular formula is C22H31F3N6O5. The van der Waals surface area contributed by atoms with E-state index < -0.39 is 24.3 Å². The Hall–Kier alpha value is -3.10. The molecule has 11 nitrogen and oxygen atoms in total. The predicted octanol–water partition coefficient (Wildman–Crippen LogP) is 1.23. The van der Waals surface area contributed by atoms with Gasteiger partial charge in [0.15, 0.2) is 5.84 Å². The third kappa shape index (κ3) is 9.17. The summed E-state index contributed by atoms with van der Waals surface area (Å²) < 4.78 is 51.1. The van der Waals surface area contributed by atoms with Crippen LogP contribution in [-0.2, 0) is 14.3 Å². The highest BCUT2D eigenvalue weighted by Crippen LogP contribution is 2.24. The largest absolute Gasteiger partial charge is 0.573 e. The Kier molecular flexibility index (Phi) is 10.1. The molecule has 0 aromatic heterocycles. The van der Waals surface area contributed by atoms with Gasteiger partial charge in [-0.2, -0.15) is 0 Å². The summed E-state index contributed by atoms with van der Waals surface area (Å²) in [6.07, 6.45) is -4.70. The minimum absolute atomic E-state index is 0.206. The SMILES string of the molecule is COCCN1CC(NC(=O)Nc2ccc(OC(F)(F)F)cc2)N=C1C(=O)NCCCN1CCOCC1. The van der Waals surface area contributed by atoms with Crippen LogP contribution in [0.3, 0.4) is 0 Å². The molecule has 2 aliphatic heterocycles. The second kappa shape index (κ2) is 13.3. The molecule has 2 aliphatic rings. The van der Waals surface area contributed by atoms with Crippen molar-refractivity contribution < 1.29 is 37.0 Å². The van der Waals surface area contributed by atoms with Gasteiger partial charge in [0, 0.05) is 39.0 Å². The zero-order chi connectivity index (χ0) is 26.0. The fourth-order valence-corrected chi connectivity index (χ4v) is 3.71. The fraction of sp³-hybridized carbons (Fsp3) is 0.591. The van der Waals surface area contributed by atoms with Crippen molar-refractivity contribution in [2.24, 2.45) is 4.99 Å². The summed E-state index contributed by atoms with van der Waals surface area (Å²) in [5.41, 5.74) is 0.262. The maximum absolute atomic E-state index is 12.7. The van der Waals surface area contributed by atoms with E-state index in [0.717, 1.165) is 51.4 Å². The summed E-state index contributed by atoms with van der Waals surface area (Å²) in [6, 6.07) is 4.11. The van der Waals surface area contributed by atoms with Crippen molar-refractivity contribution in [3.63, 3.8) is 0 Å². The molecule has 200 valence electrons. The van der Waals surface area contributed by atoms with Gasteiger partial charge < -0.3 is 35.1 Å². The second-order valence-corrected chi connectivity index (χ2v) is 8.14. The second-order valence-electron chi connectivity index (χ2n) is 8.14. The monoisotopic (exact) mass is 516 g/mol. The van der Waals surface area contributed by atoms with Crippen LogP contribution in [0.15, 0.2) is 29.3 Å². The molecule has 1 atom stereocenters. The van der Waals surface area contributed by atoms with Crippen molar-refractivity contribution in [2.45, 2.75) is 18.9 Å². The summed E-state index contributed by atoms with van der Waals surface area (Å²) in [7, 11) is 1.55. The van der Waals surface area contributed by atoms with Crippen LogP contribution in [0.5, 0.6) is 5.75 Å². The van der Waals surface area contributed by atoms with Crippen LogP contribution in [0, 0.1) is 0 Å². The zero-order valence-electron chi connectivity index (χ0n) is 20.0. The normalized spacial score (nSPS) is 18.5. The molecule has 0 bridgehead atoms. The molecule has 2 heterocycles. The number of anilines is 1. The minimum Gasteiger partial charge on any atom is -0.406 e. The van der Waals surface area contributed by atoms with Gasteiger partial charge in [0.05, 0.1) is 26.4 Å². The number of morpholine rings is 1. The molecule has 0 saturated carbocycles. The number of halogens is 3. The van der Waals surface area contributed by atoms with Crippen LogP contribution in [0.25, 0.3) is 0 Å². The summed E-state index contributed by atoms with van der Waals surface area (Å²) in [4.78, 5) is 33.5. The lowest BCUT2D eigenvalue weighted by atomic mass is 10.3. The number of rotatable bonds is 11. The maximum atomic E-state index is 12.7. The standard InChI is InChI=1S/C22H31F3N6O5/c1-34-12-11-31-15-18(28-19(31)20(32)26-7-2-8-30-9-13-35-14-10-30)29-21(33)27-16-3-5-17(6-4-16)36-22(23,24)25/h3-6,18H,2,7-15H2,1H3,(H,26,32)(H2,27,29,33). The number of ether oxygens (including phenoxy) is 3. The van der Waals surface area contributed by atoms with Crippen LogP contribution >= 0.6 is 0 Å². The number of amides is 3. The summed E-state index contributed by atoms with van der Waals surface area (Å²) in [6.45, 7) is 5.60. The smallest absolute Gasteiger partial charge is 0.406 e. The number of hydrogen-bond acceptors (Lipinski definition) is 8. The van der Waals surface area contributed by atoms with E-state index in [9.17, 15) is 22.8 Å². The molecule has 3 N–H and O–H groups in total. The van der Waals surface area contributed by atoms with E-state index in [2.05, 4.69) is 30.6 Å². The number of amidine groups is 1. The number of carbonyl (C=O) groups excluding carboxylic acids is 2. The van der Waals surface area contributed by atoms with Gasteiger partial charge in [0.2, 0.25) is 0 Å². The molecule has 3 amide bonds. The molecule has 1 saturated heterocycles. The van der Waals surface area contributed by atoms with Gasteiger partial charge in [0.25, 0.3) is 5.91 Å². The van der Waals surface area contributed by atoms with E-state index in [-0.39, 0.29) is 24.0 Å². The van der Waals surface area contributed by atoms with Crippen molar-refractivity contribution in [1.29, 1.82) is 0 Å². The highest BCUT2D eigenvalue weighted by molar-refractivity contribution is 6.38. The summed E-state index contributed by atoms with van der Waals surface area (Å²) in [5, 5.41) is 8.05. The fourth-order valence-electron chi connectivity index (χ4n) is 3.71. The maximum Gasteiger partial charge on any atom is 0.573 e. The summed E-state index contributed by atoms with van der Waals surface area (Å²) >= 11 is 0. The molecule has 0 radical (unpaired) electrons. The Bertz CT molecular complexity index is 893. The topological polar surface area (TPSA) is 117 Å². The number of urea groups is 1. The van der Waals surface area contributed by atoms with Crippen molar-refractivity contribution in [2.75, 3.05) is 71.5 Å². The third-order valence-corrected chi connectivity index (χ3v) is 5.42. The van der Waals surface area contributed by atoms with Gasteiger partial charge in [-0.1, -0.05) is 0 Å². The molecule has 14 heteroatoms. The van der Waals surface area contributed by atoms with Crippen LogP contribution in [-0.4, -0.2) is 106 Å². The highest BCUT2D eigenvalue weighted by Gasteiger charge is 2.32. The van der Waals surface area contributed by atoms with Crippen LogP contribution in [0.1, 0.15) is 6.42 Å². The van der Waals surface area contributed by atoms with Gasteiger partial charge in [-0.25, -0.2) is 9.79 Å². The first-order valence-electron chi connectivity index (χ1n) is 11.6. The van der Waals surface area contributed by atoms with Crippen molar-refractivity contribution in [1.82, 2.24) is 20.4 Å². The Morgan fingerprint density at radius 1 is 1.17 bits per heavy atom. The van der Waals surface area contributed by atoms with Crippen molar-refractivity contribution >= 4 is 23.5 Å². The van der Waals surface area contributed by atoms with E-state index >= 15 is 0 Å². The van der Waals surface area contributed by atoms with E-state index in [1.54, 1.807) is 12.0 Å². The first-order chi connectivity index (χ1) is 17.2. The van der Waals surface area contributed by atoms with Crippen LogP contribution < -0.4 is 20.7 Å². The van der Waals surface area contributed by atoms with E-state index in [1.165, 1.54) is 12.1 Å². The lowest BCUT2D eigenvalue weighted by Crippen LogP contribution is -2.44. The Morgan fingerprint density at radius 3 is 2.56 bits per heavy atom. The Morgan fingerprint density at radius 2 is 1.89 bits per heavy atom. The number of benzene rings is 1. The zero-order valence-corrected chi connectivity index (χ0v) is 20.0. The number of methoxy groups -OCH3 is 1. The van der Waals surface area contributed by atoms with Crippen molar-refractivity contribution in [3.05, 3.63) is 24.3 Å². The molecule has 36 heavy (non-hydrogen) atoms. The quantitative estimate of drug-likeness (QED) is 0.379. The Labute approximate surface area is 206 Å². The average molecular weight is 517 g/mol. The number of nitrogens with one attached hydrogen (secondary N) is 3. The number of nitrogens with zero attached hydrogens (tertiary/aromatic N) is 3. The van der Waals surface area contributed by atoms with Gasteiger partial charge in [-0.3, -0.25) is 9.69 Å². The van der Waals surface area contributed by atoms with Gasteiger partial charge in [-0.05, 0) is 37.2 Å². The molecule has 0 spiro atoms. The van der Waals surface area contributed by atoms with Crippen LogP contribution in [0.2, 0.25) is 0 Å². The number of hydrogen-bond donors (Lipinski definition) is 3. The molecule has 3 rings (SSSR count). The molecule has 1 aromatic carbocycles. The van der Waals surface area contributed by atoms with E-state index in [1.807, 2.05) is 0 Å². The number of alkyl halides is 3. The first-order valence-corrected chi connectivity index (χ1v) is 11.6. The first kappa shape index (κ1) is 27.5. The summed E-state index contributed by atoms with van der Waals surface area (Å²) in [5.74, 6) is -0.529. The van der Waals surface area contributed by atoms with Gasteiger partial charge >= 0.3 is 12.4 Å². The minimum atomic E-state index is -4.80. The molecule has 1 aromatic rings. The molecular weight excluding hydrogens is 485 g/mol. The number of carbonyl (C=O) groups is 2. The Balaban J connectivity index is 1.49. The van der Waals surface area contributed by atoms with E-state index in [0.29, 0.717) is 19.7 Å². The van der Waals surface area contributed by atoms with Gasteiger partial charge in [-0.15, -0.1) is 13.2 Å². The number of aliphatic imine (C=N–C) groups is 1. The van der Waals surface area contributed by atoms with Gasteiger partial charge in [0.1, 0.15) is 11.9 Å². The lowest BCUT2D eigenvalue weighted by Gasteiger charge is -2.26. The highest BCUT2D eigenvalue weighted by atomic mass is 19.4. The van der Waals surface area contributed by atoms with E-state index in [4.69, 9.17) is 9.47 Å². The molecule has 1 fully saturated rings.